The second kappa shape index (κ2) is 7.14. The van der Waals surface area contributed by atoms with Gasteiger partial charge < -0.3 is 9.47 Å². The van der Waals surface area contributed by atoms with Gasteiger partial charge in [-0.25, -0.2) is 9.18 Å². The SMILES string of the molecule is CC(C)(C)OC(=O)COc1cccc(-c2ccc(F)c(C#N)c2)c1. The molecule has 124 valence electrons. The van der Waals surface area contributed by atoms with Crippen molar-refractivity contribution in [2.45, 2.75) is 26.4 Å². The van der Waals surface area contributed by atoms with Crippen molar-refractivity contribution < 1.29 is 18.7 Å². The van der Waals surface area contributed by atoms with E-state index in [1.165, 1.54) is 12.1 Å². The molecule has 4 nitrogen and oxygen atoms in total. The zero-order valence-electron chi connectivity index (χ0n) is 13.8. The summed E-state index contributed by atoms with van der Waals surface area (Å²) in [6.07, 6.45) is 0. The number of halogens is 1. The number of benzene rings is 2. The zero-order chi connectivity index (χ0) is 17.7. The second-order valence-electron chi connectivity index (χ2n) is 6.21. The van der Waals surface area contributed by atoms with Gasteiger partial charge in [0.2, 0.25) is 0 Å². The number of esters is 1. The lowest BCUT2D eigenvalue weighted by Gasteiger charge is -2.19. The van der Waals surface area contributed by atoms with Crippen LogP contribution >= 0.6 is 0 Å². The molecule has 0 heterocycles. The van der Waals surface area contributed by atoms with Gasteiger partial charge in [0.1, 0.15) is 23.2 Å². The Morgan fingerprint density at radius 3 is 2.54 bits per heavy atom. The predicted octanol–water partition coefficient (Wildman–Crippen LogP) is 4.08. The van der Waals surface area contributed by atoms with Crippen molar-refractivity contribution >= 4 is 5.97 Å². The van der Waals surface area contributed by atoms with Crippen LogP contribution in [0.15, 0.2) is 42.5 Å². The Labute approximate surface area is 140 Å². The van der Waals surface area contributed by atoms with Crippen LogP contribution in [0.5, 0.6) is 5.75 Å². The molecule has 0 aliphatic carbocycles. The first kappa shape index (κ1) is 17.5. The Morgan fingerprint density at radius 2 is 1.88 bits per heavy atom. The molecule has 2 aromatic carbocycles. The average molecular weight is 327 g/mol. The van der Waals surface area contributed by atoms with Gasteiger partial charge in [0, 0.05) is 0 Å². The van der Waals surface area contributed by atoms with Crippen molar-refractivity contribution in [3.63, 3.8) is 0 Å². The van der Waals surface area contributed by atoms with Crippen molar-refractivity contribution in [2.24, 2.45) is 0 Å². The molecular weight excluding hydrogens is 309 g/mol. The third kappa shape index (κ3) is 4.82. The van der Waals surface area contributed by atoms with Crippen LogP contribution in [0.2, 0.25) is 0 Å². The summed E-state index contributed by atoms with van der Waals surface area (Å²) in [4.78, 5) is 11.7. The summed E-state index contributed by atoms with van der Waals surface area (Å²) in [5.74, 6) is -0.527. The number of carbonyl (C=O) groups excluding carboxylic acids is 1. The van der Waals surface area contributed by atoms with Gasteiger partial charge in [-0.05, 0) is 56.2 Å². The van der Waals surface area contributed by atoms with Crippen LogP contribution in [-0.2, 0) is 9.53 Å². The molecule has 5 heteroatoms. The van der Waals surface area contributed by atoms with Crippen molar-refractivity contribution in [3.8, 4) is 22.9 Å². The van der Waals surface area contributed by atoms with Crippen molar-refractivity contribution in [1.82, 2.24) is 0 Å². The van der Waals surface area contributed by atoms with E-state index in [-0.39, 0.29) is 12.2 Å². The minimum Gasteiger partial charge on any atom is -0.482 e. The summed E-state index contributed by atoms with van der Waals surface area (Å²) in [6, 6.07) is 13.1. The van der Waals surface area contributed by atoms with Gasteiger partial charge in [-0.3, -0.25) is 0 Å². The second-order valence-corrected chi connectivity index (χ2v) is 6.21. The molecule has 24 heavy (non-hydrogen) atoms. The Hall–Kier alpha value is -2.87. The highest BCUT2D eigenvalue weighted by atomic mass is 19.1. The molecule has 0 atom stereocenters. The molecule has 0 bridgehead atoms. The first-order valence-corrected chi connectivity index (χ1v) is 7.43. The number of carbonyl (C=O) groups is 1. The van der Waals surface area contributed by atoms with Crippen LogP contribution in [0, 0.1) is 17.1 Å². The number of ether oxygens (including phenoxy) is 2. The minimum atomic E-state index is -0.565. The minimum absolute atomic E-state index is 0.0208. The first-order chi connectivity index (χ1) is 11.3. The standard InChI is InChI=1S/C19H18FNO3/c1-19(2,3)24-18(22)12-23-16-6-4-5-13(10-16)14-7-8-17(20)15(9-14)11-21/h4-10H,12H2,1-3H3. The van der Waals surface area contributed by atoms with Crippen LogP contribution in [0.25, 0.3) is 11.1 Å². The van der Waals surface area contributed by atoms with Crippen LogP contribution in [0.1, 0.15) is 26.3 Å². The fourth-order valence-electron chi connectivity index (χ4n) is 2.07. The Morgan fingerprint density at radius 1 is 1.17 bits per heavy atom. The van der Waals surface area contributed by atoms with Gasteiger partial charge >= 0.3 is 5.97 Å². The van der Waals surface area contributed by atoms with Gasteiger partial charge in [-0.2, -0.15) is 5.26 Å². The lowest BCUT2D eigenvalue weighted by atomic mass is 10.0. The Bertz CT molecular complexity index is 788. The predicted molar refractivity (Wildman–Crippen MR) is 87.9 cm³/mol. The van der Waals surface area contributed by atoms with E-state index in [1.807, 2.05) is 12.1 Å². The zero-order valence-corrected chi connectivity index (χ0v) is 13.8. The topological polar surface area (TPSA) is 59.3 Å². The van der Waals surface area contributed by atoms with Crippen molar-refractivity contribution in [2.75, 3.05) is 6.61 Å². The third-order valence-electron chi connectivity index (χ3n) is 3.03. The molecule has 0 spiro atoms. The normalized spacial score (nSPS) is 10.8. The number of nitriles is 1. The van der Waals surface area contributed by atoms with Gasteiger partial charge in [0.15, 0.2) is 6.61 Å². The highest BCUT2D eigenvalue weighted by Crippen LogP contribution is 2.25. The quantitative estimate of drug-likeness (QED) is 0.794. The molecule has 0 aliphatic rings. The molecule has 0 saturated heterocycles. The summed E-state index contributed by atoms with van der Waals surface area (Å²) in [5.41, 5.74) is 0.862. The summed E-state index contributed by atoms with van der Waals surface area (Å²) in [5, 5.41) is 8.92. The number of hydrogen-bond acceptors (Lipinski definition) is 4. The number of hydrogen-bond donors (Lipinski definition) is 0. The Balaban J connectivity index is 2.12. The van der Waals surface area contributed by atoms with E-state index in [2.05, 4.69) is 0 Å². The van der Waals surface area contributed by atoms with Crippen LogP contribution < -0.4 is 4.74 Å². The highest BCUT2D eigenvalue weighted by Gasteiger charge is 2.16. The molecule has 0 amide bonds. The summed E-state index contributed by atoms with van der Waals surface area (Å²) in [7, 11) is 0. The smallest absolute Gasteiger partial charge is 0.344 e. The van der Waals surface area contributed by atoms with Crippen LogP contribution in [-0.4, -0.2) is 18.2 Å². The van der Waals surface area contributed by atoms with Crippen molar-refractivity contribution in [3.05, 3.63) is 53.8 Å². The van der Waals surface area contributed by atoms with E-state index in [0.29, 0.717) is 11.3 Å². The fourth-order valence-corrected chi connectivity index (χ4v) is 2.07. The maximum absolute atomic E-state index is 13.4. The van der Waals surface area contributed by atoms with Crippen LogP contribution in [0.3, 0.4) is 0 Å². The largest absolute Gasteiger partial charge is 0.482 e. The maximum atomic E-state index is 13.4. The third-order valence-corrected chi connectivity index (χ3v) is 3.03. The lowest BCUT2D eigenvalue weighted by Crippen LogP contribution is -2.27. The summed E-state index contributed by atoms with van der Waals surface area (Å²) >= 11 is 0. The molecule has 0 fully saturated rings. The number of rotatable bonds is 4. The van der Waals surface area contributed by atoms with Gasteiger partial charge in [-0.15, -0.1) is 0 Å². The molecular formula is C19H18FNO3. The van der Waals surface area contributed by atoms with E-state index in [0.717, 1.165) is 5.56 Å². The molecule has 0 aromatic heterocycles. The maximum Gasteiger partial charge on any atom is 0.344 e. The van der Waals surface area contributed by atoms with Gasteiger partial charge in [-0.1, -0.05) is 18.2 Å². The monoisotopic (exact) mass is 327 g/mol. The van der Waals surface area contributed by atoms with E-state index in [4.69, 9.17) is 14.7 Å². The summed E-state index contributed by atoms with van der Waals surface area (Å²) in [6.45, 7) is 5.15. The molecule has 0 aliphatic heterocycles. The van der Waals surface area contributed by atoms with Crippen molar-refractivity contribution in [1.29, 1.82) is 5.26 Å². The first-order valence-electron chi connectivity index (χ1n) is 7.43. The summed E-state index contributed by atoms with van der Waals surface area (Å²) < 4.78 is 24.0. The van der Waals surface area contributed by atoms with E-state index in [1.54, 1.807) is 45.0 Å². The van der Waals surface area contributed by atoms with Gasteiger partial charge in [0.05, 0.1) is 5.56 Å². The molecule has 2 rings (SSSR count). The number of nitrogens with zero attached hydrogens (tertiary/aromatic N) is 1. The molecule has 0 saturated carbocycles. The lowest BCUT2D eigenvalue weighted by molar-refractivity contribution is -0.157. The fraction of sp³-hybridized carbons (Fsp3) is 0.263. The molecule has 0 unspecified atom stereocenters. The van der Waals surface area contributed by atoms with E-state index < -0.39 is 17.4 Å². The van der Waals surface area contributed by atoms with E-state index in [9.17, 15) is 9.18 Å². The van der Waals surface area contributed by atoms with E-state index >= 15 is 0 Å². The highest BCUT2D eigenvalue weighted by molar-refractivity contribution is 5.72. The molecule has 0 radical (unpaired) electrons. The van der Waals surface area contributed by atoms with Crippen LogP contribution in [0.4, 0.5) is 4.39 Å². The van der Waals surface area contributed by atoms with Gasteiger partial charge in [0.25, 0.3) is 0 Å². The molecule has 0 N–H and O–H groups in total. The Kier molecular flexibility index (Phi) is 5.20. The molecule has 2 aromatic rings. The average Bonchev–Trinajstić information content (AvgIpc) is 2.52.